The molecule has 0 aromatic heterocycles. The maximum atomic E-state index is 11.3. The Morgan fingerprint density at radius 1 is 1.39 bits per heavy atom. The summed E-state index contributed by atoms with van der Waals surface area (Å²) < 4.78 is 27.8. The van der Waals surface area contributed by atoms with Crippen molar-refractivity contribution in [2.24, 2.45) is 5.73 Å². The molecule has 0 aliphatic heterocycles. The second-order valence-electron chi connectivity index (χ2n) is 3.70. The molecule has 18 heavy (non-hydrogen) atoms. The van der Waals surface area contributed by atoms with E-state index in [2.05, 4.69) is 0 Å². The van der Waals surface area contributed by atoms with Crippen molar-refractivity contribution in [3.8, 4) is 5.75 Å². The van der Waals surface area contributed by atoms with Crippen molar-refractivity contribution in [3.05, 3.63) is 23.8 Å². The second kappa shape index (κ2) is 5.72. The first kappa shape index (κ1) is 14.3. The number of nitrogens with two attached hydrogens (primary N) is 2. The van der Waals surface area contributed by atoms with E-state index in [1.165, 1.54) is 18.2 Å². The molecule has 0 spiro atoms. The molecular weight excluding hydrogens is 256 g/mol. The zero-order valence-corrected chi connectivity index (χ0v) is 10.9. The normalized spacial score (nSPS) is 11.2. The van der Waals surface area contributed by atoms with Gasteiger partial charge < -0.3 is 16.2 Å². The highest BCUT2D eigenvalue weighted by Gasteiger charge is 2.12. The zero-order valence-electron chi connectivity index (χ0n) is 10.0. The molecule has 0 fully saturated rings. The number of carbonyl (C=O) groups excluding carboxylic acids is 1. The van der Waals surface area contributed by atoms with E-state index in [9.17, 15) is 13.2 Å². The van der Waals surface area contributed by atoms with Crippen molar-refractivity contribution >= 4 is 21.4 Å². The van der Waals surface area contributed by atoms with Crippen LogP contribution in [0.15, 0.2) is 18.2 Å². The van der Waals surface area contributed by atoms with E-state index >= 15 is 0 Å². The number of hydrogen-bond acceptors (Lipinski definition) is 5. The largest absolute Gasteiger partial charge is 0.492 e. The Morgan fingerprint density at radius 3 is 2.61 bits per heavy atom. The third-order valence-corrected chi connectivity index (χ3v) is 4.03. The SMILES string of the molecule is CCS(=O)(=O)CCOc1cc(N)ccc1C(N)=O. The van der Waals surface area contributed by atoms with E-state index in [0.717, 1.165) is 0 Å². The smallest absolute Gasteiger partial charge is 0.252 e. The average Bonchev–Trinajstić information content (AvgIpc) is 2.28. The molecule has 1 rings (SSSR count). The highest BCUT2D eigenvalue weighted by atomic mass is 32.2. The van der Waals surface area contributed by atoms with Gasteiger partial charge in [-0.3, -0.25) is 4.79 Å². The summed E-state index contributed by atoms with van der Waals surface area (Å²) in [6.07, 6.45) is 0. The van der Waals surface area contributed by atoms with E-state index in [0.29, 0.717) is 5.69 Å². The number of anilines is 1. The Kier molecular flexibility index (Phi) is 4.55. The average molecular weight is 272 g/mol. The fourth-order valence-electron chi connectivity index (χ4n) is 1.28. The first-order chi connectivity index (χ1) is 8.35. The lowest BCUT2D eigenvalue weighted by Crippen LogP contribution is -2.18. The minimum Gasteiger partial charge on any atom is -0.492 e. The van der Waals surface area contributed by atoms with Crippen molar-refractivity contribution in [2.45, 2.75) is 6.92 Å². The van der Waals surface area contributed by atoms with Crippen LogP contribution in [0.5, 0.6) is 5.75 Å². The summed E-state index contributed by atoms with van der Waals surface area (Å²) in [6.45, 7) is 1.52. The summed E-state index contributed by atoms with van der Waals surface area (Å²) in [6, 6.07) is 4.41. The van der Waals surface area contributed by atoms with Gasteiger partial charge >= 0.3 is 0 Å². The van der Waals surface area contributed by atoms with Crippen molar-refractivity contribution in [2.75, 3.05) is 23.8 Å². The summed E-state index contributed by atoms with van der Waals surface area (Å²) >= 11 is 0. The van der Waals surface area contributed by atoms with E-state index in [1.54, 1.807) is 6.92 Å². The molecule has 0 aliphatic carbocycles. The number of amides is 1. The molecule has 0 radical (unpaired) electrons. The third-order valence-electron chi connectivity index (χ3n) is 2.36. The molecule has 6 nitrogen and oxygen atoms in total. The Morgan fingerprint density at radius 2 is 2.06 bits per heavy atom. The minimum absolute atomic E-state index is 0.0418. The van der Waals surface area contributed by atoms with Crippen molar-refractivity contribution < 1.29 is 17.9 Å². The molecule has 0 aliphatic rings. The Hall–Kier alpha value is -1.76. The van der Waals surface area contributed by atoms with Crippen LogP contribution in [0.2, 0.25) is 0 Å². The molecule has 100 valence electrons. The fraction of sp³-hybridized carbons (Fsp3) is 0.364. The lowest BCUT2D eigenvalue weighted by Gasteiger charge is -2.10. The van der Waals surface area contributed by atoms with Crippen molar-refractivity contribution in [1.82, 2.24) is 0 Å². The van der Waals surface area contributed by atoms with E-state index in [4.69, 9.17) is 16.2 Å². The van der Waals surface area contributed by atoms with Gasteiger partial charge in [-0.05, 0) is 12.1 Å². The standard InChI is InChI=1S/C11H16N2O4S/c1-2-18(15,16)6-5-17-10-7-8(12)3-4-9(10)11(13)14/h3-4,7H,2,5-6,12H2,1H3,(H2,13,14). The molecule has 0 heterocycles. The summed E-state index contributed by atoms with van der Waals surface area (Å²) in [5.41, 5.74) is 11.3. The van der Waals surface area contributed by atoms with Gasteiger partial charge in [-0.25, -0.2) is 8.42 Å². The van der Waals surface area contributed by atoms with Crippen LogP contribution in [0.1, 0.15) is 17.3 Å². The number of sulfone groups is 1. The van der Waals surface area contributed by atoms with Gasteiger partial charge in [-0.15, -0.1) is 0 Å². The van der Waals surface area contributed by atoms with Gasteiger partial charge in [0.25, 0.3) is 5.91 Å². The highest BCUT2D eigenvalue weighted by Crippen LogP contribution is 2.21. The van der Waals surface area contributed by atoms with Crippen LogP contribution in [0.4, 0.5) is 5.69 Å². The second-order valence-corrected chi connectivity index (χ2v) is 6.18. The number of benzene rings is 1. The predicted octanol–water partition coefficient (Wildman–Crippen LogP) is 0.181. The van der Waals surface area contributed by atoms with Gasteiger partial charge in [0, 0.05) is 17.5 Å². The summed E-state index contributed by atoms with van der Waals surface area (Å²) in [4.78, 5) is 11.1. The third kappa shape index (κ3) is 3.92. The Bertz CT molecular complexity index is 540. The lowest BCUT2D eigenvalue weighted by atomic mass is 10.2. The highest BCUT2D eigenvalue weighted by molar-refractivity contribution is 7.91. The number of primary amides is 1. The predicted molar refractivity (Wildman–Crippen MR) is 69.2 cm³/mol. The molecule has 0 bridgehead atoms. The van der Waals surface area contributed by atoms with Gasteiger partial charge in [0.2, 0.25) is 0 Å². The van der Waals surface area contributed by atoms with Crippen LogP contribution in [-0.4, -0.2) is 32.4 Å². The number of carbonyl (C=O) groups is 1. The summed E-state index contributed by atoms with van der Waals surface area (Å²) in [5, 5.41) is 0. The van der Waals surface area contributed by atoms with Crippen LogP contribution in [0.25, 0.3) is 0 Å². The number of ether oxygens (including phenoxy) is 1. The van der Waals surface area contributed by atoms with E-state index < -0.39 is 15.7 Å². The van der Waals surface area contributed by atoms with Gasteiger partial charge in [0.15, 0.2) is 9.84 Å². The van der Waals surface area contributed by atoms with Crippen LogP contribution < -0.4 is 16.2 Å². The monoisotopic (exact) mass is 272 g/mol. The van der Waals surface area contributed by atoms with Gasteiger partial charge in [0.05, 0.1) is 11.3 Å². The molecule has 0 unspecified atom stereocenters. The number of rotatable bonds is 6. The molecular formula is C11H16N2O4S. The first-order valence-corrected chi connectivity index (χ1v) is 7.20. The number of hydrogen-bond donors (Lipinski definition) is 2. The van der Waals surface area contributed by atoms with Crippen molar-refractivity contribution in [3.63, 3.8) is 0 Å². The molecule has 1 aromatic carbocycles. The van der Waals surface area contributed by atoms with Crippen molar-refractivity contribution in [1.29, 1.82) is 0 Å². The van der Waals surface area contributed by atoms with Crippen LogP contribution >= 0.6 is 0 Å². The Balaban J connectivity index is 2.78. The van der Waals surface area contributed by atoms with E-state index in [-0.39, 0.29) is 29.4 Å². The summed E-state index contributed by atoms with van der Waals surface area (Å²) in [7, 11) is -3.11. The minimum atomic E-state index is -3.11. The van der Waals surface area contributed by atoms with Gasteiger partial charge in [0.1, 0.15) is 12.4 Å². The molecule has 1 amide bonds. The van der Waals surface area contributed by atoms with Gasteiger partial charge in [-0.1, -0.05) is 6.92 Å². The van der Waals surface area contributed by atoms with E-state index in [1.807, 2.05) is 0 Å². The molecule has 0 saturated heterocycles. The molecule has 0 atom stereocenters. The maximum Gasteiger partial charge on any atom is 0.252 e. The zero-order chi connectivity index (χ0) is 13.8. The quantitative estimate of drug-likeness (QED) is 0.717. The number of nitrogen functional groups attached to an aromatic ring is 1. The molecule has 7 heteroatoms. The summed E-state index contributed by atoms with van der Waals surface area (Å²) in [5.74, 6) is -0.510. The molecule has 1 aromatic rings. The molecule has 0 saturated carbocycles. The van der Waals surface area contributed by atoms with Crippen LogP contribution in [0.3, 0.4) is 0 Å². The molecule has 4 N–H and O–H groups in total. The Labute approximate surface area is 106 Å². The maximum absolute atomic E-state index is 11.3. The van der Waals surface area contributed by atoms with Crippen LogP contribution in [0, 0.1) is 0 Å². The van der Waals surface area contributed by atoms with Gasteiger partial charge in [-0.2, -0.15) is 0 Å². The first-order valence-electron chi connectivity index (χ1n) is 5.38. The topological polar surface area (TPSA) is 112 Å². The fourth-order valence-corrected chi connectivity index (χ4v) is 1.91. The lowest BCUT2D eigenvalue weighted by molar-refractivity contribution is 0.0996. The van der Waals surface area contributed by atoms with Crippen LogP contribution in [-0.2, 0) is 9.84 Å².